The monoisotopic (exact) mass is 353 g/mol. The van der Waals surface area contributed by atoms with Crippen molar-refractivity contribution in [1.82, 2.24) is 9.55 Å². The fraction of sp³-hybridized carbons (Fsp3) is 0.211. The number of carbonyl (C=O) groups excluding carboxylic acids is 1. The maximum Gasteiger partial charge on any atom is 0.317 e. The fourth-order valence-electron chi connectivity index (χ4n) is 3.42. The third-order valence-electron chi connectivity index (χ3n) is 4.64. The van der Waals surface area contributed by atoms with Crippen molar-refractivity contribution in [2.24, 2.45) is 0 Å². The lowest BCUT2D eigenvalue weighted by Crippen LogP contribution is -2.43. The molecule has 6 nitrogen and oxygen atoms in total. The van der Waals surface area contributed by atoms with Gasteiger partial charge in [0, 0.05) is 12.2 Å². The number of nitrogens with zero attached hydrogens (tertiary/aromatic N) is 2. The lowest BCUT2D eigenvalue weighted by atomic mass is 10.0. The van der Waals surface area contributed by atoms with Crippen molar-refractivity contribution in [3.63, 3.8) is 0 Å². The number of halogens is 1. The SMILES string of the molecule is O=C(Cn1c(=O)c(=O)[nH]c2cc(F)ccc21)N1CCCc2ccccc21. The van der Waals surface area contributed by atoms with Crippen molar-refractivity contribution >= 4 is 22.6 Å². The van der Waals surface area contributed by atoms with Crippen LogP contribution in [0, 0.1) is 5.82 Å². The number of carbonyl (C=O) groups is 1. The van der Waals surface area contributed by atoms with Gasteiger partial charge in [0.2, 0.25) is 5.91 Å². The van der Waals surface area contributed by atoms with Gasteiger partial charge in [-0.05, 0) is 42.7 Å². The molecule has 2 aromatic carbocycles. The quantitative estimate of drug-likeness (QED) is 0.714. The van der Waals surface area contributed by atoms with E-state index in [1.165, 1.54) is 12.1 Å². The first-order valence-electron chi connectivity index (χ1n) is 8.35. The molecular weight excluding hydrogens is 337 g/mol. The molecular formula is C19H16FN3O3. The fourth-order valence-corrected chi connectivity index (χ4v) is 3.42. The van der Waals surface area contributed by atoms with Gasteiger partial charge >= 0.3 is 11.1 Å². The molecule has 0 saturated carbocycles. The van der Waals surface area contributed by atoms with Gasteiger partial charge in [0.05, 0.1) is 11.0 Å². The Morgan fingerprint density at radius 3 is 2.81 bits per heavy atom. The smallest absolute Gasteiger partial charge is 0.316 e. The van der Waals surface area contributed by atoms with Crippen molar-refractivity contribution in [2.45, 2.75) is 19.4 Å². The van der Waals surface area contributed by atoms with E-state index in [9.17, 15) is 18.8 Å². The summed E-state index contributed by atoms with van der Waals surface area (Å²) in [6, 6.07) is 11.4. The minimum atomic E-state index is -0.880. The van der Waals surface area contributed by atoms with Crippen LogP contribution in [0.2, 0.25) is 0 Å². The number of hydrogen-bond donors (Lipinski definition) is 1. The van der Waals surface area contributed by atoms with Crippen LogP contribution in [-0.4, -0.2) is 22.0 Å². The predicted molar refractivity (Wildman–Crippen MR) is 95.9 cm³/mol. The molecule has 0 saturated heterocycles. The summed E-state index contributed by atoms with van der Waals surface area (Å²) in [7, 11) is 0. The number of hydrogen-bond acceptors (Lipinski definition) is 3. The molecule has 0 bridgehead atoms. The van der Waals surface area contributed by atoms with Crippen molar-refractivity contribution in [3.8, 4) is 0 Å². The van der Waals surface area contributed by atoms with E-state index in [1.54, 1.807) is 4.90 Å². The molecule has 1 N–H and O–H groups in total. The zero-order valence-corrected chi connectivity index (χ0v) is 13.9. The number of rotatable bonds is 2. The number of benzene rings is 2. The Bertz CT molecular complexity index is 1130. The number of H-pyrrole nitrogens is 1. The van der Waals surface area contributed by atoms with Gasteiger partial charge in [-0.1, -0.05) is 18.2 Å². The van der Waals surface area contributed by atoms with Crippen LogP contribution in [0.3, 0.4) is 0 Å². The van der Waals surface area contributed by atoms with Gasteiger partial charge in [-0.3, -0.25) is 19.0 Å². The molecule has 0 fully saturated rings. The van der Waals surface area contributed by atoms with Gasteiger partial charge in [0.15, 0.2) is 0 Å². The highest BCUT2D eigenvalue weighted by atomic mass is 19.1. The van der Waals surface area contributed by atoms with E-state index < -0.39 is 16.9 Å². The van der Waals surface area contributed by atoms with Gasteiger partial charge < -0.3 is 9.88 Å². The van der Waals surface area contributed by atoms with E-state index in [1.807, 2.05) is 24.3 Å². The molecule has 7 heteroatoms. The molecule has 1 aliphatic rings. The van der Waals surface area contributed by atoms with Crippen LogP contribution in [0.15, 0.2) is 52.1 Å². The van der Waals surface area contributed by atoms with E-state index in [0.29, 0.717) is 12.1 Å². The van der Waals surface area contributed by atoms with Crippen molar-refractivity contribution in [1.29, 1.82) is 0 Å². The molecule has 3 aromatic rings. The highest BCUT2D eigenvalue weighted by Crippen LogP contribution is 2.27. The molecule has 4 rings (SSSR count). The van der Waals surface area contributed by atoms with Crippen LogP contribution in [0.5, 0.6) is 0 Å². The first kappa shape index (κ1) is 16.3. The topological polar surface area (TPSA) is 75.2 Å². The van der Waals surface area contributed by atoms with E-state index in [2.05, 4.69) is 4.98 Å². The number of aromatic nitrogens is 2. The number of fused-ring (bicyclic) bond motifs is 2. The predicted octanol–water partition coefficient (Wildman–Crippen LogP) is 1.81. The minimum Gasteiger partial charge on any atom is -0.316 e. The van der Waals surface area contributed by atoms with E-state index in [4.69, 9.17) is 0 Å². The third-order valence-corrected chi connectivity index (χ3v) is 4.64. The van der Waals surface area contributed by atoms with E-state index in [0.717, 1.165) is 34.7 Å². The molecule has 0 spiro atoms. The zero-order valence-electron chi connectivity index (χ0n) is 13.9. The molecule has 132 valence electrons. The normalized spacial score (nSPS) is 13.7. The van der Waals surface area contributed by atoms with Crippen LogP contribution in [-0.2, 0) is 17.8 Å². The number of aryl methyl sites for hydroxylation is 1. The van der Waals surface area contributed by atoms with E-state index in [-0.39, 0.29) is 18.0 Å². The maximum absolute atomic E-state index is 13.4. The van der Waals surface area contributed by atoms with Gasteiger partial charge in [-0.15, -0.1) is 0 Å². The van der Waals surface area contributed by atoms with Gasteiger partial charge in [-0.25, -0.2) is 4.39 Å². The second kappa shape index (κ2) is 6.25. The highest BCUT2D eigenvalue weighted by Gasteiger charge is 2.23. The first-order valence-corrected chi connectivity index (χ1v) is 8.35. The van der Waals surface area contributed by atoms with Crippen molar-refractivity contribution < 1.29 is 9.18 Å². The van der Waals surface area contributed by atoms with Crippen LogP contribution in [0.1, 0.15) is 12.0 Å². The molecule has 1 aliphatic heterocycles. The van der Waals surface area contributed by atoms with Gasteiger partial charge in [-0.2, -0.15) is 0 Å². The lowest BCUT2D eigenvalue weighted by Gasteiger charge is -2.29. The van der Waals surface area contributed by atoms with Crippen LogP contribution >= 0.6 is 0 Å². The Hall–Kier alpha value is -3.22. The van der Waals surface area contributed by atoms with Crippen molar-refractivity contribution in [3.05, 3.63) is 74.6 Å². The average molecular weight is 353 g/mol. The Labute approximate surface area is 147 Å². The summed E-state index contributed by atoms with van der Waals surface area (Å²) in [5.74, 6) is -0.815. The second-order valence-corrected chi connectivity index (χ2v) is 6.28. The minimum absolute atomic E-state index is 0.182. The summed E-state index contributed by atoms with van der Waals surface area (Å²) in [6.07, 6.45) is 1.73. The van der Waals surface area contributed by atoms with Gasteiger partial charge in [0.25, 0.3) is 0 Å². The Morgan fingerprint density at radius 1 is 1.15 bits per heavy atom. The maximum atomic E-state index is 13.4. The number of aromatic amines is 1. The number of anilines is 1. The highest BCUT2D eigenvalue weighted by molar-refractivity contribution is 5.95. The molecule has 2 heterocycles. The third kappa shape index (κ3) is 2.71. The van der Waals surface area contributed by atoms with Crippen LogP contribution < -0.4 is 16.0 Å². The summed E-state index contributed by atoms with van der Waals surface area (Å²) in [4.78, 5) is 41.1. The van der Waals surface area contributed by atoms with Gasteiger partial charge in [0.1, 0.15) is 12.4 Å². The largest absolute Gasteiger partial charge is 0.317 e. The molecule has 1 aromatic heterocycles. The Balaban J connectivity index is 1.77. The zero-order chi connectivity index (χ0) is 18.3. The summed E-state index contributed by atoms with van der Waals surface area (Å²) in [5.41, 5.74) is 0.697. The van der Waals surface area contributed by atoms with E-state index >= 15 is 0 Å². The average Bonchev–Trinajstić information content (AvgIpc) is 2.64. The van der Waals surface area contributed by atoms with Crippen LogP contribution in [0.25, 0.3) is 11.0 Å². The Morgan fingerprint density at radius 2 is 1.96 bits per heavy atom. The lowest BCUT2D eigenvalue weighted by molar-refractivity contribution is -0.119. The molecule has 0 radical (unpaired) electrons. The molecule has 26 heavy (non-hydrogen) atoms. The van der Waals surface area contributed by atoms with Crippen LogP contribution in [0.4, 0.5) is 10.1 Å². The molecule has 0 atom stereocenters. The first-order chi connectivity index (χ1) is 12.5. The molecule has 0 aliphatic carbocycles. The standard InChI is InChI=1S/C19H16FN3O3/c20-13-7-8-16-14(10-13)21-18(25)19(26)23(16)11-17(24)22-9-3-5-12-4-1-2-6-15(12)22/h1-2,4,6-8,10H,3,5,9,11H2,(H,21,25). The summed E-state index contributed by atoms with van der Waals surface area (Å²) in [5, 5.41) is 0. The Kier molecular flexibility index (Phi) is 3.91. The second-order valence-electron chi connectivity index (χ2n) is 6.28. The molecule has 1 amide bonds. The number of amides is 1. The van der Waals surface area contributed by atoms with Crippen molar-refractivity contribution in [2.75, 3.05) is 11.4 Å². The summed E-state index contributed by atoms with van der Waals surface area (Å²) in [6.45, 7) is 0.277. The molecule has 0 unspecified atom stereocenters. The number of para-hydroxylation sites is 1. The number of nitrogens with one attached hydrogen (secondary N) is 1. The summed E-state index contributed by atoms with van der Waals surface area (Å²) >= 11 is 0. The summed E-state index contributed by atoms with van der Waals surface area (Å²) < 4.78 is 14.5.